The number of carbonyl (C=O) groups is 1. The van der Waals surface area contributed by atoms with Crippen LogP contribution in [0.25, 0.3) is 0 Å². The summed E-state index contributed by atoms with van der Waals surface area (Å²) in [7, 11) is 1.66. The molecule has 0 spiro atoms. The van der Waals surface area contributed by atoms with E-state index in [1.54, 1.807) is 13.2 Å². The average Bonchev–Trinajstić information content (AvgIpc) is 2.87. The van der Waals surface area contributed by atoms with Gasteiger partial charge in [-0.1, -0.05) is 18.6 Å². The van der Waals surface area contributed by atoms with Gasteiger partial charge in [0.15, 0.2) is 0 Å². The molecule has 5 heteroatoms. The van der Waals surface area contributed by atoms with Gasteiger partial charge in [-0.2, -0.15) is 0 Å². The first-order chi connectivity index (χ1) is 11.7. The number of aromatic amines is 1. The molecule has 1 saturated heterocycles. The van der Waals surface area contributed by atoms with Gasteiger partial charge in [0.2, 0.25) is 5.56 Å². The summed E-state index contributed by atoms with van der Waals surface area (Å²) in [5, 5.41) is 0. The molecule has 1 aliphatic heterocycles. The number of pyridine rings is 1. The number of ether oxygens (including phenoxy) is 1. The zero-order chi connectivity index (χ0) is 16.9. The first-order valence-electron chi connectivity index (χ1n) is 8.29. The van der Waals surface area contributed by atoms with Crippen LogP contribution in [0.5, 0.6) is 5.75 Å². The Hall–Kier alpha value is -2.56. The van der Waals surface area contributed by atoms with Gasteiger partial charge in [-0.05, 0) is 36.6 Å². The zero-order valence-corrected chi connectivity index (χ0v) is 13.8. The number of hydrogen-bond donors (Lipinski definition) is 1. The molecule has 1 aliphatic rings. The Morgan fingerprint density at radius 2 is 2.00 bits per heavy atom. The number of rotatable bonds is 3. The number of amides is 1. The van der Waals surface area contributed by atoms with E-state index in [2.05, 4.69) is 17.1 Å². The highest BCUT2D eigenvalue weighted by Gasteiger charge is 2.24. The normalized spacial score (nSPS) is 18.0. The smallest absolute Gasteiger partial charge is 0.254 e. The molecule has 2 aromatic rings. The van der Waals surface area contributed by atoms with Crippen molar-refractivity contribution >= 4 is 5.91 Å². The molecular weight excluding hydrogens is 304 g/mol. The minimum Gasteiger partial charge on any atom is -0.497 e. The number of methoxy groups -OCH3 is 1. The predicted molar refractivity (Wildman–Crippen MR) is 92.6 cm³/mol. The van der Waals surface area contributed by atoms with Crippen LogP contribution in [0, 0.1) is 0 Å². The van der Waals surface area contributed by atoms with E-state index < -0.39 is 0 Å². The molecule has 5 nitrogen and oxygen atoms in total. The maximum Gasteiger partial charge on any atom is 0.254 e. The summed E-state index contributed by atoms with van der Waals surface area (Å²) in [4.78, 5) is 28.6. The monoisotopic (exact) mass is 326 g/mol. The Bertz CT molecular complexity index is 752. The molecule has 0 radical (unpaired) electrons. The van der Waals surface area contributed by atoms with Crippen molar-refractivity contribution in [3.05, 3.63) is 64.1 Å². The van der Waals surface area contributed by atoms with Gasteiger partial charge < -0.3 is 14.6 Å². The van der Waals surface area contributed by atoms with Crippen molar-refractivity contribution in [2.75, 3.05) is 20.2 Å². The van der Waals surface area contributed by atoms with E-state index in [1.165, 1.54) is 17.8 Å². The maximum absolute atomic E-state index is 12.7. The summed E-state index contributed by atoms with van der Waals surface area (Å²) in [5.74, 6) is 1.08. The van der Waals surface area contributed by atoms with Crippen molar-refractivity contribution in [2.45, 2.75) is 25.2 Å². The van der Waals surface area contributed by atoms with Gasteiger partial charge in [0, 0.05) is 36.8 Å². The van der Waals surface area contributed by atoms with Gasteiger partial charge >= 0.3 is 0 Å². The van der Waals surface area contributed by atoms with Gasteiger partial charge in [0.25, 0.3) is 5.91 Å². The quantitative estimate of drug-likeness (QED) is 0.943. The molecule has 24 heavy (non-hydrogen) atoms. The molecule has 0 bridgehead atoms. The largest absolute Gasteiger partial charge is 0.497 e. The number of carbonyl (C=O) groups excluding carboxylic acids is 1. The summed E-state index contributed by atoms with van der Waals surface area (Å²) >= 11 is 0. The van der Waals surface area contributed by atoms with E-state index in [-0.39, 0.29) is 11.5 Å². The van der Waals surface area contributed by atoms with Crippen LogP contribution in [0.4, 0.5) is 0 Å². The minimum absolute atomic E-state index is 0.0680. The summed E-state index contributed by atoms with van der Waals surface area (Å²) in [5.41, 5.74) is 1.43. The van der Waals surface area contributed by atoms with Crippen LogP contribution in [-0.2, 0) is 0 Å². The van der Waals surface area contributed by atoms with Crippen molar-refractivity contribution in [1.29, 1.82) is 0 Å². The highest BCUT2D eigenvalue weighted by molar-refractivity contribution is 5.94. The Labute approximate surface area is 141 Å². The molecule has 2 heterocycles. The lowest BCUT2D eigenvalue weighted by molar-refractivity contribution is 0.0754. The third-order valence-electron chi connectivity index (χ3n) is 4.57. The van der Waals surface area contributed by atoms with Crippen LogP contribution in [0.15, 0.2) is 47.4 Å². The molecule has 3 rings (SSSR count). The van der Waals surface area contributed by atoms with Crippen LogP contribution in [-0.4, -0.2) is 36.0 Å². The van der Waals surface area contributed by atoms with E-state index in [4.69, 9.17) is 4.74 Å². The van der Waals surface area contributed by atoms with E-state index >= 15 is 0 Å². The van der Waals surface area contributed by atoms with Crippen molar-refractivity contribution in [3.8, 4) is 5.75 Å². The fourth-order valence-corrected chi connectivity index (χ4v) is 3.23. The Kier molecular flexibility index (Phi) is 4.99. The molecule has 0 saturated carbocycles. The SMILES string of the molecule is COc1ccc(C2CCCCN(C(=O)c3cc[nH]c(=O)c3)C2)cc1. The molecule has 1 fully saturated rings. The number of aromatic nitrogens is 1. The lowest BCUT2D eigenvalue weighted by Crippen LogP contribution is -2.34. The van der Waals surface area contributed by atoms with Gasteiger partial charge in [0.1, 0.15) is 5.75 Å². The second kappa shape index (κ2) is 7.34. The zero-order valence-electron chi connectivity index (χ0n) is 13.8. The molecule has 1 amide bonds. The highest BCUT2D eigenvalue weighted by atomic mass is 16.5. The molecule has 0 aliphatic carbocycles. The van der Waals surface area contributed by atoms with E-state index in [1.807, 2.05) is 17.0 Å². The first-order valence-corrected chi connectivity index (χ1v) is 8.29. The lowest BCUT2D eigenvalue weighted by atomic mass is 9.94. The molecule has 1 atom stereocenters. The van der Waals surface area contributed by atoms with E-state index in [0.29, 0.717) is 18.0 Å². The summed E-state index contributed by atoms with van der Waals surface area (Å²) in [6.07, 6.45) is 4.66. The van der Waals surface area contributed by atoms with Crippen molar-refractivity contribution in [1.82, 2.24) is 9.88 Å². The number of hydrogen-bond acceptors (Lipinski definition) is 3. The average molecular weight is 326 g/mol. The van der Waals surface area contributed by atoms with Crippen molar-refractivity contribution in [3.63, 3.8) is 0 Å². The second-order valence-electron chi connectivity index (χ2n) is 6.16. The molecule has 1 unspecified atom stereocenters. The number of likely N-dealkylation sites (tertiary alicyclic amines) is 1. The Morgan fingerprint density at radius 3 is 2.71 bits per heavy atom. The fraction of sp³-hybridized carbons (Fsp3) is 0.368. The lowest BCUT2D eigenvalue weighted by Gasteiger charge is -2.25. The predicted octanol–water partition coefficient (Wildman–Crippen LogP) is 2.79. The van der Waals surface area contributed by atoms with Gasteiger partial charge in [0.05, 0.1) is 7.11 Å². The number of H-pyrrole nitrogens is 1. The standard InChI is InChI=1S/C19H22N2O3/c1-24-17-7-5-14(6-8-17)16-4-2-3-11-21(13-16)19(23)15-9-10-20-18(22)12-15/h5-10,12,16H,2-4,11,13H2,1H3,(H,20,22). The first kappa shape index (κ1) is 16.3. The Morgan fingerprint density at radius 1 is 1.21 bits per heavy atom. The number of nitrogens with one attached hydrogen (secondary N) is 1. The van der Waals surface area contributed by atoms with E-state index in [0.717, 1.165) is 31.6 Å². The molecule has 1 aromatic carbocycles. The third kappa shape index (κ3) is 3.67. The van der Waals surface area contributed by atoms with Crippen molar-refractivity contribution < 1.29 is 9.53 Å². The minimum atomic E-state index is -0.248. The molecule has 1 aromatic heterocycles. The van der Waals surface area contributed by atoms with Crippen LogP contribution in [0.1, 0.15) is 41.1 Å². The maximum atomic E-state index is 12.7. The summed E-state index contributed by atoms with van der Waals surface area (Å²) in [6.45, 7) is 1.41. The number of benzene rings is 1. The van der Waals surface area contributed by atoms with E-state index in [9.17, 15) is 9.59 Å². The van der Waals surface area contributed by atoms with Crippen LogP contribution < -0.4 is 10.3 Å². The number of nitrogens with zero attached hydrogens (tertiary/aromatic N) is 1. The Balaban J connectivity index is 1.79. The topological polar surface area (TPSA) is 62.4 Å². The summed E-state index contributed by atoms with van der Waals surface area (Å²) < 4.78 is 5.21. The fourth-order valence-electron chi connectivity index (χ4n) is 3.23. The van der Waals surface area contributed by atoms with Crippen LogP contribution in [0.2, 0.25) is 0 Å². The molecule has 1 N–H and O–H groups in total. The van der Waals surface area contributed by atoms with Gasteiger partial charge in [-0.3, -0.25) is 9.59 Å². The highest BCUT2D eigenvalue weighted by Crippen LogP contribution is 2.28. The van der Waals surface area contributed by atoms with Gasteiger partial charge in [-0.15, -0.1) is 0 Å². The van der Waals surface area contributed by atoms with Crippen LogP contribution in [0.3, 0.4) is 0 Å². The molecule has 126 valence electrons. The van der Waals surface area contributed by atoms with Gasteiger partial charge in [-0.25, -0.2) is 0 Å². The second-order valence-corrected chi connectivity index (χ2v) is 6.16. The third-order valence-corrected chi connectivity index (χ3v) is 4.57. The molecular formula is C19H22N2O3. The van der Waals surface area contributed by atoms with Crippen LogP contribution >= 0.6 is 0 Å². The summed E-state index contributed by atoms with van der Waals surface area (Å²) in [6, 6.07) is 11.1. The van der Waals surface area contributed by atoms with Crippen molar-refractivity contribution in [2.24, 2.45) is 0 Å².